The number of guanidine groups is 1. The monoisotopic (exact) mass is 490 g/mol. The van der Waals surface area contributed by atoms with Crippen molar-refractivity contribution in [1.82, 2.24) is 10.3 Å². The first kappa shape index (κ1) is 22.5. The van der Waals surface area contributed by atoms with Gasteiger partial charge in [-0.25, -0.2) is 9.98 Å². The van der Waals surface area contributed by atoms with Crippen LogP contribution in [-0.4, -0.2) is 31.2 Å². The summed E-state index contributed by atoms with van der Waals surface area (Å²) >= 11 is 1.68. The fourth-order valence-electron chi connectivity index (χ4n) is 2.21. The van der Waals surface area contributed by atoms with E-state index in [1.807, 2.05) is 32.0 Å². The lowest BCUT2D eigenvalue weighted by atomic mass is 10.2. The molecule has 1 heterocycles. The van der Waals surface area contributed by atoms with E-state index in [-0.39, 0.29) is 24.0 Å². The molecule has 0 aliphatic rings. The van der Waals surface area contributed by atoms with E-state index in [2.05, 4.69) is 32.9 Å². The van der Waals surface area contributed by atoms with Crippen LogP contribution < -0.4 is 20.1 Å². The number of hydrogen-bond acceptors (Lipinski definition) is 5. The Morgan fingerprint density at radius 1 is 1.23 bits per heavy atom. The van der Waals surface area contributed by atoms with E-state index in [4.69, 9.17) is 9.47 Å². The van der Waals surface area contributed by atoms with Crippen LogP contribution in [0.4, 0.5) is 5.69 Å². The quantitative estimate of drug-likeness (QED) is 0.328. The van der Waals surface area contributed by atoms with Crippen LogP contribution >= 0.6 is 35.3 Å². The van der Waals surface area contributed by atoms with Crippen molar-refractivity contribution < 1.29 is 9.47 Å². The molecule has 1 aromatic heterocycles. The molecule has 0 fully saturated rings. The Bertz CT molecular complexity index is 706. The zero-order valence-electron chi connectivity index (χ0n) is 15.7. The predicted octanol–water partition coefficient (Wildman–Crippen LogP) is 4.31. The molecule has 0 atom stereocenters. The van der Waals surface area contributed by atoms with Gasteiger partial charge in [0, 0.05) is 23.7 Å². The summed E-state index contributed by atoms with van der Waals surface area (Å²) in [7, 11) is 1.63. The van der Waals surface area contributed by atoms with E-state index in [0.29, 0.717) is 24.9 Å². The second-order valence-corrected chi connectivity index (χ2v) is 6.15. The minimum Gasteiger partial charge on any atom is -0.493 e. The molecule has 6 nitrogen and oxygen atoms in total. The molecule has 2 aromatic rings. The van der Waals surface area contributed by atoms with Crippen molar-refractivity contribution in [3.8, 4) is 11.5 Å². The van der Waals surface area contributed by atoms with Crippen LogP contribution in [0.15, 0.2) is 28.6 Å². The number of halogens is 1. The number of aryl methyl sites for hydroxylation is 1. The molecule has 0 bridgehead atoms. The smallest absolute Gasteiger partial charge is 0.196 e. The average Bonchev–Trinajstić information content (AvgIpc) is 3.09. The zero-order valence-corrected chi connectivity index (χ0v) is 18.8. The number of nitrogens with one attached hydrogen (secondary N) is 2. The highest BCUT2D eigenvalue weighted by Crippen LogP contribution is 2.30. The van der Waals surface area contributed by atoms with Gasteiger partial charge in [-0.3, -0.25) is 0 Å². The van der Waals surface area contributed by atoms with E-state index < -0.39 is 0 Å². The van der Waals surface area contributed by atoms with Crippen molar-refractivity contribution in [2.45, 2.75) is 33.7 Å². The average molecular weight is 490 g/mol. The van der Waals surface area contributed by atoms with E-state index in [1.54, 1.807) is 18.4 Å². The van der Waals surface area contributed by atoms with Gasteiger partial charge in [0.25, 0.3) is 0 Å². The highest BCUT2D eigenvalue weighted by atomic mass is 127. The SMILES string of the molecule is CCNC(=NCc1csc(CC)n1)Nc1ccc(OCC)c(OC)c1.I. The third kappa shape index (κ3) is 6.64. The largest absolute Gasteiger partial charge is 0.493 e. The molecule has 0 aliphatic heterocycles. The minimum atomic E-state index is 0. The Balaban J connectivity index is 0.00000338. The van der Waals surface area contributed by atoms with Crippen LogP contribution in [0.5, 0.6) is 11.5 Å². The fraction of sp³-hybridized carbons (Fsp3) is 0.444. The summed E-state index contributed by atoms with van der Waals surface area (Å²) in [6.45, 7) is 8.01. The summed E-state index contributed by atoms with van der Waals surface area (Å²) in [5.74, 6) is 2.13. The molecule has 0 aliphatic carbocycles. The van der Waals surface area contributed by atoms with Gasteiger partial charge in [-0.2, -0.15) is 0 Å². The Morgan fingerprint density at radius 2 is 2.04 bits per heavy atom. The minimum absolute atomic E-state index is 0. The Kier molecular flexibility index (Phi) is 10.3. The molecule has 0 radical (unpaired) electrons. The summed E-state index contributed by atoms with van der Waals surface area (Å²) in [5.41, 5.74) is 1.87. The van der Waals surface area contributed by atoms with Crippen LogP contribution in [-0.2, 0) is 13.0 Å². The maximum absolute atomic E-state index is 5.55. The van der Waals surface area contributed by atoms with Crippen molar-refractivity contribution >= 4 is 47.0 Å². The summed E-state index contributed by atoms with van der Waals surface area (Å²) in [4.78, 5) is 9.15. The normalized spacial score (nSPS) is 10.8. The summed E-state index contributed by atoms with van der Waals surface area (Å²) in [6.07, 6.45) is 0.957. The number of rotatable bonds is 8. The van der Waals surface area contributed by atoms with E-state index in [1.165, 1.54) is 0 Å². The summed E-state index contributed by atoms with van der Waals surface area (Å²) in [5, 5.41) is 9.74. The first-order chi connectivity index (χ1) is 12.2. The molecule has 0 spiro atoms. The van der Waals surface area contributed by atoms with Crippen molar-refractivity contribution in [3.05, 3.63) is 34.3 Å². The second kappa shape index (κ2) is 11.9. The lowest BCUT2D eigenvalue weighted by Gasteiger charge is -2.14. The van der Waals surface area contributed by atoms with E-state index in [0.717, 1.165) is 35.1 Å². The third-order valence-electron chi connectivity index (χ3n) is 3.37. The first-order valence-corrected chi connectivity index (χ1v) is 9.37. The van der Waals surface area contributed by atoms with Gasteiger partial charge in [0.15, 0.2) is 17.5 Å². The number of anilines is 1. The molecular weight excluding hydrogens is 463 g/mol. The molecule has 144 valence electrons. The van der Waals surface area contributed by atoms with Crippen molar-refractivity contribution in [3.63, 3.8) is 0 Å². The van der Waals surface area contributed by atoms with Crippen molar-refractivity contribution in [1.29, 1.82) is 0 Å². The molecule has 8 heteroatoms. The predicted molar refractivity (Wildman–Crippen MR) is 120 cm³/mol. The molecule has 0 unspecified atom stereocenters. The van der Waals surface area contributed by atoms with Gasteiger partial charge in [-0.15, -0.1) is 35.3 Å². The first-order valence-electron chi connectivity index (χ1n) is 8.49. The molecule has 1 aromatic carbocycles. The lowest BCUT2D eigenvalue weighted by molar-refractivity contribution is 0.311. The third-order valence-corrected chi connectivity index (χ3v) is 4.41. The van der Waals surface area contributed by atoms with Gasteiger partial charge in [0.2, 0.25) is 0 Å². The number of hydrogen-bond donors (Lipinski definition) is 2. The molecule has 2 rings (SSSR count). The van der Waals surface area contributed by atoms with Gasteiger partial charge in [0.05, 0.1) is 31.0 Å². The van der Waals surface area contributed by atoms with Gasteiger partial charge in [0.1, 0.15) is 0 Å². The second-order valence-electron chi connectivity index (χ2n) is 5.20. The number of benzene rings is 1. The highest BCUT2D eigenvalue weighted by Gasteiger charge is 2.07. The molecule has 0 saturated heterocycles. The van der Waals surface area contributed by atoms with Gasteiger partial charge in [-0.1, -0.05) is 6.92 Å². The molecule has 2 N–H and O–H groups in total. The maximum Gasteiger partial charge on any atom is 0.196 e. The lowest BCUT2D eigenvalue weighted by Crippen LogP contribution is -2.30. The molecule has 0 amide bonds. The Labute approximate surface area is 176 Å². The van der Waals surface area contributed by atoms with Crippen LogP contribution in [0.25, 0.3) is 0 Å². The molecule has 0 saturated carbocycles. The van der Waals surface area contributed by atoms with Gasteiger partial charge < -0.3 is 20.1 Å². The number of aromatic nitrogens is 1. The van der Waals surface area contributed by atoms with E-state index >= 15 is 0 Å². The zero-order chi connectivity index (χ0) is 18.1. The Hall–Kier alpha value is -1.55. The van der Waals surface area contributed by atoms with Gasteiger partial charge in [-0.05, 0) is 32.4 Å². The molecular formula is C18H27IN4O2S. The number of thiazole rings is 1. The fourth-order valence-corrected chi connectivity index (χ4v) is 2.94. The van der Waals surface area contributed by atoms with E-state index in [9.17, 15) is 0 Å². The highest BCUT2D eigenvalue weighted by molar-refractivity contribution is 14.0. The van der Waals surface area contributed by atoms with Crippen LogP contribution in [0.1, 0.15) is 31.5 Å². The Morgan fingerprint density at radius 3 is 2.65 bits per heavy atom. The standard InChI is InChI=1S/C18H26N4O2S.HI/c1-5-17-21-14(12-25-17)11-20-18(19-6-2)22-13-8-9-15(24-7-3)16(10-13)23-4;/h8-10,12H,5-7,11H2,1-4H3,(H2,19,20,22);1H. The summed E-state index contributed by atoms with van der Waals surface area (Å²) < 4.78 is 10.9. The van der Waals surface area contributed by atoms with Crippen LogP contribution in [0.3, 0.4) is 0 Å². The van der Waals surface area contributed by atoms with Gasteiger partial charge >= 0.3 is 0 Å². The van der Waals surface area contributed by atoms with Crippen molar-refractivity contribution in [2.24, 2.45) is 4.99 Å². The van der Waals surface area contributed by atoms with Crippen LogP contribution in [0, 0.1) is 0 Å². The van der Waals surface area contributed by atoms with Crippen LogP contribution in [0.2, 0.25) is 0 Å². The topological polar surface area (TPSA) is 67.8 Å². The number of methoxy groups -OCH3 is 1. The number of nitrogens with zero attached hydrogens (tertiary/aromatic N) is 2. The number of aliphatic imine (C=N–C) groups is 1. The number of ether oxygens (including phenoxy) is 2. The van der Waals surface area contributed by atoms with Crippen molar-refractivity contribution in [2.75, 3.05) is 25.6 Å². The maximum atomic E-state index is 5.55. The molecule has 26 heavy (non-hydrogen) atoms. The summed E-state index contributed by atoms with van der Waals surface area (Å²) in [6, 6.07) is 5.73.